The van der Waals surface area contributed by atoms with Gasteiger partial charge >= 0.3 is 0 Å². The standard InChI is InChI=1S/C16H15N7/c1-10-5-11(3-4-18-10)13-7-19-16(17)23-9-14(21-15(13)23)12-6-20-22(2)8-12/h3-9H,1-2H3,(H2,17,19). The van der Waals surface area contributed by atoms with Crippen molar-refractivity contribution in [3.05, 3.63) is 48.8 Å². The van der Waals surface area contributed by atoms with Crippen LogP contribution in [0.15, 0.2) is 43.1 Å². The normalized spacial score (nSPS) is 11.2. The summed E-state index contributed by atoms with van der Waals surface area (Å²) in [5.41, 5.74) is 11.4. The Morgan fingerprint density at radius 1 is 1.09 bits per heavy atom. The fraction of sp³-hybridized carbons (Fsp3) is 0.125. The molecule has 0 aromatic carbocycles. The van der Waals surface area contributed by atoms with Crippen molar-refractivity contribution in [3.8, 4) is 22.4 Å². The summed E-state index contributed by atoms with van der Waals surface area (Å²) in [4.78, 5) is 13.3. The molecule has 0 aliphatic rings. The van der Waals surface area contributed by atoms with E-state index in [4.69, 9.17) is 10.7 Å². The van der Waals surface area contributed by atoms with Gasteiger partial charge in [0.05, 0.1) is 11.9 Å². The number of rotatable bonds is 2. The van der Waals surface area contributed by atoms with Crippen molar-refractivity contribution in [2.24, 2.45) is 7.05 Å². The summed E-state index contributed by atoms with van der Waals surface area (Å²) in [6.45, 7) is 1.96. The van der Waals surface area contributed by atoms with Gasteiger partial charge < -0.3 is 5.73 Å². The monoisotopic (exact) mass is 305 g/mol. The van der Waals surface area contributed by atoms with Crippen molar-refractivity contribution in [2.45, 2.75) is 6.92 Å². The Morgan fingerprint density at radius 2 is 1.96 bits per heavy atom. The molecule has 0 fully saturated rings. The first kappa shape index (κ1) is 13.4. The summed E-state index contributed by atoms with van der Waals surface area (Å²) < 4.78 is 3.54. The largest absolute Gasteiger partial charge is 0.369 e. The number of aromatic nitrogens is 6. The fourth-order valence-electron chi connectivity index (χ4n) is 2.60. The molecule has 7 heteroatoms. The van der Waals surface area contributed by atoms with Crippen LogP contribution in [0, 0.1) is 6.92 Å². The molecule has 0 spiro atoms. The molecule has 4 rings (SSSR count). The smallest absolute Gasteiger partial charge is 0.206 e. The molecule has 4 heterocycles. The fourth-order valence-corrected chi connectivity index (χ4v) is 2.60. The number of fused-ring (bicyclic) bond motifs is 1. The zero-order chi connectivity index (χ0) is 16.0. The van der Waals surface area contributed by atoms with Crippen LogP contribution >= 0.6 is 0 Å². The van der Waals surface area contributed by atoms with E-state index in [0.717, 1.165) is 33.7 Å². The molecule has 4 aromatic heterocycles. The molecule has 0 amide bonds. The summed E-state index contributed by atoms with van der Waals surface area (Å²) in [5.74, 6) is 0.400. The van der Waals surface area contributed by atoms with E-state index < -0.39 is 0 Å². The van der Waals surface area contributed by atoms with Crippen LogP contribution < -0.4 is 5.73 Å². The third kappa shape index (κ3) is 2.22. The van der Waals surface area contributed by atoms with Gasteiger partial charge in [0, 0.05) is 48.7 Å². The van der Waals surface area contributed by atoms with Gasteiger partial charge in [-0.25, -0.2) is 9.97 Å². The molecule has 2 N–H and O–H groups in total. The van der Waals surface area contributed by atoms with Gasteiger partial charge in [0.25, 0.3) is 0 Å². The molecule has 23 heavy (non-hydrogen) atoms. The predicted molar refractivity (Wildman–Crippen MR) is 87.6 cm³/mol. The minimum Gasteiger partial charge on any atom is -0.369 e. The summed E-state index contributed by atoms with van der Waals surface area (Å²) in [6, 6.07) is 3.95. The van der Waals surface area contributed by atoms with Crippen LogP contribution in [0.4, 0.5) is 5.95 Å². The second-order valence-corrected chi connectivity index (χ2v) is 5.44. The minimum absolute atomic E-state index is 0.400. The Hall–Kier alpha value is -3.22. The van der Waals surface area contributed by atoms with Crippen LogP contribution in [-0.2, 0) is 7.05 Å². The van der Waals surface area contributed by atoms with E-state index in [1.165, 1.54) is 0 Å². The third-order valence-electron chi connectivity index (χ3n) is 3.73. The average Bonchev–Trinajstić information content (AvgIpc) is 3.14. The highest BCUT2D eigenvalue weighted by Gasteiger charge is 2.13. The Bertz CT molecular complexity index is 1010. The summed E-state index contributed by atoms with van der Waals surface area (Å²) >= 11 is 0. The Balaban J connectivity index is 1.96. The predicted octanol–water partition coefficient (Wildman–Crippen LogP) is 2.08. The number of aryl methyl sites for hydroxylation is 2. The van der Waals surface area contributed by atoms with E-state index in [2.05, 4.69) is 15.1 Å². The maximum absolute atomic E-state index is 6.01. The topological polar surface area (TPSA) is 86.9 Å². The van der Waals surface area contributed by atoms with Gasteiger partial charge in [-0.2, -0.15) is 5.10 Å². The number of nitrogen functional groups attached to an aromatic ring is 1. The third-order valence-corrected chi connectivity index (χ3v) is 3.73. The van der Waals surface area contributed by atoms with Crippen LogP contribution in [0.1, 0.15) is 5.69 Å². The molecule has 4 aromatic rings. The zero-order valence-corrected chi connectivity index (χ0v) is 12.8. The zero-order valence-electron chi connectivity index (χ0n) is 12.8. The van der Waals surface area contributed by atoms with E-state index in [1.807, 2.05) is 38.5 Å². The lowest BCUT2D eigenvalue weighted by Crippen LogP contribution is -2.00. The Morgan fingerprint density at radius 3 is 2.70 bits per heavy atom. The van der Waals surface area contributed by atoms with Crippen molar-refractivity contribution < 1.29 is 0 Å². The molecule has 7 nitrogen and oxygen atoms in total. The van der Waals surface area contributed by atoms with E-state index in [9.17, 15) is 0 Å². The SMILES string of the molecule is Cc1cc(-c2cnc(N)n3cc(-c4cnn(C)c4)nc23)ccn1. The average molecular weight is 305 g/mol. The van der Waals surface area contributed by atoms with Gasteiger partial charge in [-0.3, -0.25) is 14.1 Å². The molecule has 0 bridgehead atoms. The van der Waals surface area contributed by atoms with E-state index in [0.29, 0.717) is 5.95 Å². The van der Waals surface area contributed by atoms with Crippen molar-refractivity contribution in [1.82, 2.24) is 29.1 Å². The second-order valence-electron chi connectivity index (χ2n) is 5.44. The molecule has 0 atom stereocenters. The van der Waals surface area contributed by atoms with Crippen molar-refractivity contribution in [2.75, 3.05) is 5.73 Å². The first-order valence-electron chi connectivity index (χ1n) is 7.17. The van der Waals surface area contributed by atoms with E-state index in [1.54, 1.807) is 27.7 Å². The number of nitrogens with zero attached hydrogens (tertiary/aromatic N) is 6. The Labute approximate surface area is 132 Å². The Kier molecular flexibility index (Phi) is 2.87. The molecule has 114 valence electrons. The van der Waals surface area contributed by atoms with Crippen molar-refractivity contribution in [1.29, 1.82) is 0 Å². The number of pyridine rings is 1. The number of nitrogens with two attached hydrogens (primary N) is 1. The lowest BCUT2D eigenvalue weighted by Gasteiger charge is -2.05. The van der Waals surface area contributed by atoms with Crippen LogP contribution in [0.3, 0.4) is 0 Å². The molecule has 0 radical (unpaired) electrons. The first-order valence-corrected chi connectivity index (χ1v) is 7.17. The van der Waals surface area contributed by atoms with Gasteiger partial charge in [-0.15, -0.1) is 0 Å². The second kappa shape index (κ2) is 4.91. The highest BCUT2D eigenvalue weighted by Crippen LogP contribution is 2.27. The molecular formula is C16H15N7. The van der Waals surface area contributed by atoms with Crippen LogP contribution in [0.2, 0.25) is 0 Å². The lowest BCUT2D eigenvalue weighted by molar-refractivity contribution is 0.768. The molecule has 0 unspecified atom stereocenters. The molecule has 0 aliphatic heterocycles. The van der Waals surface area contributed by atoms with E-state index >= 15 is 0 Å². The van der Waals surface area contributed by atoms with Crippen LogP contribution in [0.5, 0.6) is 0 Å². The molecule has 0 aliphatic carbocycles. The lowest BCUT2D eigenvalue weighted by atomic mass is 10.1. The first-order chi connectivity index (χ1) is 11.1. The van der Waals surface area contributed by atoms with Gasteiger partial charge in [0.15, 0.2) is 0 Å². The van der Waals surface area contributed by atoms with E-state index in [-0.39, 0.29) is 0 Å². The number of anilines is 1. The molecule has 0 saturated heterocycles. The van der Waals surface area contributed by atoms with Crippen molar-refractivity contribution in [3.63, 3.8) is 0 Å². The summed E-state index contributed by atoms with van der Waals surface area (Å²) in [6.07, 6.45) is 9.11. The summed E-state index contributed by atoms with van der Waals surface area (Å²) in [5, 5.41) is 4.19. The highest BCUT2D eigenvalue weighted by atomic mass is 15.2. The number of imidazole rings is 1. The maximum atomic E-state index is 6.01. The van der Waals surface area contributed by atoms with Gasteiger partial charge in [0.2, 0.25) is 5.95 Å². The minimum atomic E-state index is 0.400. The van der Waals surface area contributed by atoms with Gasteiger partial charge in [-0.1, -0.05) is 0 Å². The summed E-state index contributed by atoms with van der Waals surface area (Å²) in [7, 11) is 1.88. The molecular weight excluding hydrogens is 290 g/mol. The number of hydrogen-bond acceptors (Lipinski definition) is 5. The van der Waals surface area contributed by atoms with Gasteiger partial charge in [0.1, 0.15) is 5.65 Å². The maximum Gasteiger partial charge on any atom is 0.206 e. The van der Waals surface area contributed by atoms with Crippen molar-refractivity contribution >= 4 is 11.6 Å². The van der Waals surface area contributed by atoms with Crippen LogP contribution in [0.25, 0.3) is 28.0 Å². The van der Waals surface area contributed by atoms with Crippen LogP contribution in [-0.4, -0.2) is 29.1 Å². The highest BCUT2D eigenvalue weighted by molar-refractivity contribution is 5.80. The van der Waals surface area contributed by atoms with Gasteiger partial charge in [-0.05, 0) is 24.6 Å². The number of hydrogen-bond donors (Lipinski definition) is 1. The molecule has 0 saturated carbocycles. The quantitative estimate of drug-likeness (QED) is 0.612.